The molecule has 0 atom stereocenters. The summed E-state index contributed by atoms with van der Waals surface area (Å²) < 4.78 is 6.60. The van der Waals surface area contributed by atoms with E-state index in [9.17, 15) is 0 Å². The van der Waals surface area contributed by atoms with Crippen LogP contribution in [0.4, 0.5) is 5.82 Å². The molecule has 0 aliphatic carbocycles. The first kappa shape index (κ1) is 13.5. The van der Waals surface area contributed by atoms with E-state index in [2.05, 4.69) is 20.9 Å². The maximum atomic E-state index is 6.00. The molecule has 1 aromatic heterocycles. The minimum atomic E-state index is 0.186. The van der Waals surface area contributed by atoms with Crippen molar-refractivity contribution in [1.82, 2.24) is 4.98 Å². The summed E-state index contributed by atoms with van der Waals surface area (Å²) in [6, 6.07) is 7.13. The van der Waals surface area contributed by atoms with Crippen molar-refractivity contribution < 1.29 is 4.74 Å². The van der Waals surface area contributed by atoms with Crippen molar-refractivity contribution in [1.29, 1.82) is 0 Å². The predicted molar refractivity (Wildman–Crippen MR) is 77.6 cm³/mol. The fraction of sp³-hybridized carbons (Fsp3) is 0.0833. The number of benzene rings is 1. The van der Waals surface area contributed by atoms with Crippen molar-refractivity contribution in [2.24, 2.45) is 0 Å². The number of hydrogen-bond donors (Lipinski definition) is 1. The Morgan fingerprint density at radius 3 is 2.61 bits per heavy atom. The van der Waals surface area contributed by atoms with Crippen LogP contribution in [0.25, 0.3) is 0 Å². The quantitative estimate of drug-likeness (QED) is 0.845. The lowest BCUT2D eigenvalue weighted by molar-refractivity contribution is 0.460. The Hall–Kier alpha value is -0.970. The van der Waals surface area contributed by atoms with Crippen LogP contribution in [0.3, 0.4) is 0 Å². The van der Waals surface area contributed by atoms with Gasteiger partial charge in [-0.05, 0) is 36.8 Å². The molecule has 0 saturated carbocycles. The summed E-state index contributed by atoms with van der Waals surface area (Å²) >= 11 is 15.2. The third-order valence-corrected chi connectivity index (χ3v) is 3.33. The van der Waals surface area contributed by atoms with Gasteiger partial charge in [-0.25, -0.2) is 0 Å². The second kappa shape index (κ2) is 5.34. The molecule has 3 nitrogen and oxygen atoms in total. The molecule has 94 valence electrons. The molecule has 2 N–H and O–H groups in total. The maximum Gasteiger partial charge on any atom is 0.240 e. The van der Waals surface area contributed by atoms with Gasteiger partial charge in [-0.1, -0.05) is 39.1 Å². The van der Waals surface area contributed by atoms with Crippen molar-refractivity contribution in [3.05, 3.63) is 44.3 Å². The topological polar surface area (TPSA) is 48.1 Å². The van der Waals surface area contributed by atoms with Gasteiger partial charge in [0.25, 0.3) is 0 Å². The van der Waals surface area contributed by atoms with Gasteiger partial charge in [0.1, 0.15) is 16.6 Å². The molecule has 1 heterocycles. The van der Waals surface area contributed by atoms with E-state index < -0.39 is 0 Å². The lowest BCUT2D eigenvalue weighted by Gasteiger charge is -2.10. The van der Waals surface area contributed by atoms with Gasteiger partial charge >= 0.3 is 0 Å². The first-order chi connectivity index (χ1) is 8.47. The van der Waals surface area contributed by atoms with Gasteiger partial charge < -0.3 is 10.5 Å². The van der Waals surface area contributed by atoms with Crippen LogP contribution in [0.2, 0.25) is 10.0 Å². The van der Waals surface area contributed by atoms with Gasteiger partial charge in [-0.3, -0.25) is 0 Å². The third-order valence-electron chi connectivity index (χ3n) is 2.27. The molecule has 6 heteroatoms. The van der Waals surface area contributed by atoms with Crippen LogP contribution in [0.1, 0.15) is 5.56 Å². The molecule has 18 heavy (non-hydrogen) atoms. The van der Waals surface area contributed by atoms with Crippen molar-refractivity contribution in [3.63, 3.8) is 0 Å². The summed E-state index contributed by atoms with van der Waals surface area (Å²) in [6.07, 6.45) is 0. The highest BCUT2D eigenvalue weighted by Gasteiger charge is 2.10. The highest BCUT2D eigenvalue weighted by Crippen LogP contribution is 2.33. The fourth-order valence-corrected chi connectivity index (χ4v) is 2.24. The van der Waals surface area contributed by atoms with Crippen molar-refractivity contribution in [2.45, 2.75) is 6.92 Å². The summed E-state index contributed by atoms with van der Waals surface area (Å²) in [6.45, 7) is 1.92. The van der Waals surface area contributed by atoms with E-state index in [-0.39, 0.29) is 11.7 Å². The number of aromatic nitrogens is 1. The molecule has 0 aliphatic heterocycles. The van der Waals surface area contributed by atoms with Crippen LogP contribution < -0.4 is 10.5 Å². The van der Waals surface area contributed by atoms with Gasteiger partial charge in [-0.2, -0.15) is 4.98 Å². The van der Waals surface area contributed by atoms with Crippen LogP contribution in [0.5, 0.6) is 11.6 Å². The van der Waals surface area contributed by atoms with Gasteiger partial charge in [0.15, 0.2) is 0 Å². The molecule has 1 aromatic carbocycles. The number of hydrogen-bond acceptors (Lipinski definition) is 3. The van der Waals surface area contributed by atoms with E-state index in [0.717, 1.165) is 10.0 Å². The number of pyridine rings is 1. The molecular formula is C12H9BrCl2N2O. The Morgan fingerprint density at radius 1 is 1.22 bits per heavy atom. The van der Waals surface area contributed by atoms with E-state index in [1.165, 1.54) is 6.07 Å². The lowest BCUT2D eigenvalue weighted by atomic mass is 10.2. The Balaban J connectivity index is 2.37. The number of ether oxygens (including phenoxy) is 1. The molecule has 0 unspecified atom stereocenters. The second-order valence-electron chi connectivity index (χ2n) is 3.65. The van der Waals surface area contributed by atoms with Crippen LogP contribution in [-0.4, -0.2) is 4.98 Å². The summed E-state index contributed by atoms with van der Waals surface area (Å²) in [5.74, 6) is 1.09. The monoisotopic (exact) mass is 346 g/mol. The summed E-state index contributed by atoms with van der Waals surface area (Å²) in [5.41, 5.74) is 6.57. The standard InChI is InChI=1S/C12H9BrCl2N2O/c1-6-4-7(13)2-3-10(6)18-12-9(15)5-8(14)11(16)17-12/h2-5H,1H3,(H2,16,17). The number of aryl methyl sites for hydroxylation is 1. The normalized spacial score (nSPS) is 10.4. The molecule has 0 aliphatic rings. The lowest BCUT2D eigenvalue weighted by Crippen LogP contribution is -1.96. The number of halogens is 3. The maximum absolute atomic E-state index is 6.00. The molecule has 2 rings (SSSR count). The Labute approximate surface area is 123 Å². The minimum absolute atomic E-state index is 0.186. The van der Waals surface area contributed by atoms with E-state index in [1.54, 1.807) is 0 Å². The number of rotatable bonds is 2. The molecule has 0 radical (unpaired) electrons. The van der Waals surface area contributed by atoms with Crippen molar-refractivity contribution in [2.75, 3.05) is 5.73 Å². The number of nitrogens with two attached hydrogens (primary N) is 1. The van der Waals surface area contributed by atoms with Gasteiger partial charge in [-0.15, -0.1) is 0 Å². The smallest absolute Gasteiger partial charge is 0.240 e. The molecule has 0 amide bonds. The summed E-state index contributed by atoms with van der Waals surface area (Å²) in [7, 11) is 0. The molecular weight excluding hydrogens is 339 g/mol. The molecule has 0 saturated heterocycles. The summed E-state index contributed by atoms with van der Waals surface area (Å²) in [4.78, 5) is 4.01. The van der Waals surface area contributed by atoms with E-state index in [1.807, 2.05) is 25.1 Å². The highest BCUT2D eigenvalue weighted by molar-refractivity contribution is 9.10. The van der Waals surface area contributed by atoms with Crippen LogP contribution in [-0.2, 0) is 0 Å². The van der Waals surface area contributed by atoms with Crippen LogP contribution >= 0.6 is 39.1 Å². The second-order valence-corrected chi connectivity index (χ2v) is 5.38. The van der Waals surface area contributed by atoms with Gasteiger partial charge in [0.05, 0.1) is 5.02 Å². The average molecular weight is 348 g/mol. The van der Waals surface area contributed by atoms with Crippen LogP contribution in [0, 0.1) is 6.92 Å². The van der Waals surface area contributed by atoms with Gasteiger partial charge in [0.2, 0.25) is 5.88 Å². The fourth-order valence-electron chi connectivity index (χ4n) is 1.37. The Morgan fingerprint density at radius 2 is 1.94 bits per heavy atom. The van der Waals surface area contributed by atoms with E-state index >= 15 is 0 Å². The zero-order chi connectivity index (χ0) is 13.3. The van der Waals surface area contributed by atoms with Crippen LogP contribution in [0.15, 0.2) is 28.7 Å². The molecule has 2 aromatic rings. The average Bonchev–Trinajstić information content (AvgIpc) is 2.29. The molecule has 0 fully saturated rings. The molecule has 0 spiro atoms. The largest absolute Gasteiger partial charge is 0.437 e. The van der Waals surface area contributed by atoms with Gasteiger partial charge in [0, 0.05) is 4.47 Å². The molecule has 0 bridgehead atoms. The zero-order valence-corrected chi connectivity index (χ0v) is 12.5. The van der Waals surface area contributed by atoms with E-state index in [0.29, 0.717) is 15.8 Å². The number of nitrogens with zero attached hydrogens (tertiary/aromatic N) is 1. The zero-order valence-electron chi connectivity index (χ0n) is 9.38. The summed E-state index contributed by atoms with van der Waals surface area (Å²) in [5, 5.41) is 0.622. The van der Waals surface area contributed by atoms with E-state index in [4.69, 9.17) is 33.7 Å². The Kier molecular flexibility index (Phi) is 4.00. The number of anilines is 1. The van der Waals surface area contributed by atoms with Crippen molar-refractivity contribution >= 4 is 44.9 Å². The highest BCUT2D eigenvalue weighted by atomic mass is 79.9. The first-order valence-electron chi connectivity index (χ1n) is 5.03. The SMILES string of the molecule is Cc1cc(Br)ccc1Oc1nc(N)c(Cl)cc1Cl. The minimum Gasteiger partial charge on any atom is -0.437 e. The Bertz CT molecular complexity index is 605. The first-order valence-corrected chi connectivity index (χ1v) is 6.58. The van der Waals surface area contributed by atoms with Crippen molar-refractivity contribution in [3.8, 4) is 11.6 Å². The third kappa shape index (κ3) is 2.88. The predicted octanol–water partition coefficient (Wildman–Crippen LogP) is 4.83. The number of nitrogen functional groups attached to an aromatic ring is 1.